The van der Waals surface area contributed by atoms with Crippen molar-refractivity contribution in [3.63, 3.8) is 0 Å². The van der Waals surface area contributed by atoms with E-state index in [9.17, 15) is 22.0 Å². The highest BCUT2D eigenvalue weighted by Crippen LogP contribution is 2.28. The van der Waals surface area contributed by atoms with Gasteiger partial charge in [-0.25, -0.2) is 8.42 Å². The average Bonchev–Trinajstić information content (AvgIpc) is 3.14. The summed E-state index contributed by atoms with van der Waals surface area (Å²) in [5.41, 5.74) is 0.349. The molecule has 1 amide bonds. The Morgan fingerprint density at radius 1 is 1.14 bits per heavy atom. The van der Waals surface area contributed by atoms with Crippen molar-refractivity contribution >= 4 is 33.2 Å². The number of rotatable bonds is 6. The number of nitrogens with zero attached hydrogens (tertiary/aromatic N) is 1. The summed E-state index contributed by atoms with van der Waals surface area (Å²) in [6, 6.07) is 10.3. The number of alkyl halides is 2. The smallest absolute Gasteiger partial charge is 0.387 e. The van der Waals surface area contributed by atoms with Gasteiger partial charge in [-0.2, -0.15) is 13.1 Å². The molecule has 0 radical (unpaired) electrons. The molecule has 1 unspecified atom stereocenters. The molecule has 10 heteroatoms. The minimum atomic E-state index is -3.85. The standard InChI is InChI=1S/C18H17ClF2N2O4S/c19-12-3-9-15(10-4-12)28(25,26)23-11-1-2-16(23)17(24)22-13-5-7-14(8-6-13)27-18(20)21/h3-10,16,18H,1-2,11H2,(H,22,24). The lowest BCUT2D eigenvalue weighted by atomic mass is 10.2. The van der Waals surface area contributed by atoms with Gasteiger partial charge in [-0.3, -0.25) is 4.79 Å². The molecule has 2 aromatic rings. The van der Waals surface area contributed by atoms with E-state index in [-0.39, 0.29) is 17.2 Å². The molecule has 1 atom stereocenters. The maximum atomic E-state index is 12.9. The second kappa shape index (κ2) is 8.42. The number of carbonyl (C=O) groups is 1. The van der Waals surface area contributed by atoms with Crippen LogP contribution in [0.4, 0.5) is 14.5 Å². The van der Waals surface area contributed by atoms with Gasteiger partial charge in [0.25, 0.3) is 0 Å². The molecule has 28 heavy (non-hydrogen) atoms. The van der Waals surface area contributed by atoms with Gasteiger partial charge >= 0.3 is 6.61 Å². The van der Waals surface area contributed by atoms with Crippen molar-refractivity contribution in [2.24, 2.45) is 0 Å². The number of carbonyl (C=O) groups excluding carboxylic acids is 1. The van der Waals surface area contributed by atoms with Crippen LogP contribution in [0.15, 0.2) is 53.4 Å². The van der Waals surface area contributed by atoms with Crippen molar-refractivity contribution in [3.05, 3.63) is 53.6 Å². The molecule has 3 rings (SSSR count). The van der Waals surface area contributed by atoms with E-state index in [0.29, 0.717) is 23.6 Å². The van der Waals surface area contributed by atoms with Crippen molar-refractivity contribution in [2.45, 2.75) is 30.4 Å². The molecule has 0 saturated carbocycles. The van der Waals surface area contributed by atoms with E-state index >= 15 is 0 Å². The van der Waals surface area contributed by atoms with E-state index < -0.39 is 28.6 Å². The van der Waals surface area contributed by atoms with Gasteiger partial charge in [-0.1, -0.05) is 11.6 Å². The molecule has 1 N–H and O–H groups in total. The lowest BCUT2D eigenvalue weighted by Gasteiger charge is -2.23. The lowest BCUT2D eigenvalue weighted by molar-refractivity contribution is -0.119. The Morgan fingerprint density at radius 2 is 1.79 bits per heavy atom. The number of hydrogen-bond acceptors (Lipinski definition) is 4. The fourth-order valence-corrected chi connectivity index (χ4v) is 4.76. The second-order valence-corrected chi connectivity index (χ2v) is 8.45. The van der Waals surface area contributed by atoms with E-state index in [1.165, 1.54) is 52.8 Å². The van der Waals surface area contributed by atoms with E-state index in [1.54, 1.807) is 0 Å². The van der Waals surface area contributed by atoms with Crippen LogP contribution in [-0.4, -0.2) is 37.8 Å². The highest BCUT2D eigenvalue weighted by atomic mass is 35.5. The first-order chi connectivity index (χ1) is 13.3. The zero-order valence-corrected chi connectivity index (χ0v) is 16.1. The predicted octanol–water partition coefficient (Wildman–Crippen LogP) is 3.73. The normalized spacial score (nSPS) is 17.6. The molecule has 1 saturated heterocycles. The van der Waals surface area contributed by atoms with Gasteiger partial charge in [-0.05, 0) is 61.4 Å². The minimum Gasteiger partial charge on any atom is -0.435 e. The van der Waals surface area contributed by atoms with Gasteiger partial charge in [0, 0.05) is 17.3 Å². The van der Waals surface area contributed by atoms with Crippen molar-refractivity contribution < 1.29 is 26.7 Å². The molecule has 1 aliphatic rings. The SMILES string of the molecule is O=C(Nc1ccc(OC(F)F)cc1)C1CCCN1S(=O)(=O)c1ccc(Cl)cc1. The zero-order valence-electron chi connectivity index (χ0n) is 14.5. The Kier molecular flexibility index (Phi) is 6.17. The molecular weight excluding hydrogens is 414 g/mol. The molecule has 6 nitrogen and oxygen atoms in total. The summed E-state index contributed by atoms with van der Waals surface area (Å²) in [5.74, 6) is -0.529. The second-order valence-electron chi connectivity index (χ2n) is 6.12. The molecule has 150 valence electrons. The Labute approximate surface area is 166 Å². The summed E-state index contributed by atoms with van der Waals surface area (Å²) in [6.07, 6.45) is 0.928. The van der Waals surface area contributed by atoms with Gasteiger partial charge in [0.05, 0.1) is 4.90 Å². The molecule has 1 aliphatic heterocycles. The maximum absolute atomic E-state index is 12.9. The summed E-state index contributed by atoms with van der Waals surface area (Å²) in [6.45, 7) is -2.71. The largest absolute Gasteiger partial charge is 0.435 e. The number of benzene rings is 2. The van der Waals surface area contributed by atoms with Gasteiger partial charge in [0.1, 0.15) is 11.8 Å². The topological polar surface area (TPSA) is 75.7 Å². The third kappa shape index (κ3) is 4.60. The summed E-state index contributed by atoms with van der Waals surface area (Å²) < 4.78 is 55.5. The summed E-state index contributed by atoms with van der Waals surface area (Å²) in [4.78, 5) is 12.7. The predicted molar refractivity (Wildman–Crippen MR) is 100 cm³/mol. The first kappa shape index (κ1) is 20.5. The number of sulfonamides is 1. The molecule has 0 aromatic heterocycles. The van der Waals surface area contributed by atoms with Gasteiger partial charge in [0.2, 0.25) is 15.9 Å². The van der Waals surface area contributed by atoms with Crippen molar-refractivity contribution in [1.82, 2.24) is 4.31 Å². The lowest BCUT2D eigenvalue weighted by Crippen LogP contribution is -2.43. The maximum Gasteiger partial charge on any atom is 0.387 e. The van der Waals surface area contributed by atoms with Crippen LogP contribution in [0.5, 0.6) is 5.75 Å². The van der Waals surface area contributed by atoms with Crippen LogP contribution in [0.1, 0.15) is 12.8 Å². The molecule has 1 heterocycles. The molecule has 0 aliphatic carbocycles. The van der Waals surface area contributed by atoms with Gasteiger partial charge in [-0.15, -0.1) is 0 Å². The number of halogens is 3. The van der Waals surface area contributed by atoms with Crippen LogP contribution < -0.4 is 10.1 Å². The summed E-state index contributed by atoms with van der Waals surface area (Å²) >= 11 is 5.81. The van der Waals surface area contributed by atoms with Crippen LogP contribution in [0.2, 0.25) is 5.02 Å². The fourth-order valence-electron chi connectivity index (χ4n) is 2.98. The number of ether oxygens (including phenoxy) is 1. The van der Waals surface area contributed by atoms with Crippen molar-refractivity contribution in [2.75, 3.05) is 11.9 Å². The van der Waals surface area contributed by atoms with E-state index in [1.807, 2.05) is 0 Å². The summed E-state index contributed by atoms with van der Waals surface area (Å²) in [5, 5.41) is 3.03. The molecule has 2 aromatic carbocycles. The molecule has 0 spiro atoms. The number of anilines is 1. The summed E-state index contributed by atoms with van der Waals surface area (Å²) in [7, 11) is -3.85. The Bertz CT molecular complexity index is 937. The van der Waals surface area contributed by atoms with Crippen LogP contribution in [-0.2, 0) is 14.8 Å². The zero-order chi connectivity index (χ0) is 20.3. The van der Waals surface area contributed by atoms with E-state index in [0.717, 1.165) is 0 Å². The Morgan fingerprint density at radius 3 is 2.39 bits per heavy atom. The number of nitrogens with one attached hydrogen (secondary N) is 1. The van der Waals surface area contributed by atoms with Crippen LogP contribution in [0, 0.1) is 0 Å². The van der Waals surface area contributed by atoms with Gasteiger partial charge in [0.15, 0.2) is 0 Å². The van der Waals surface area contributed by atoms with Crippen molar-refractivity contribution in [3.8, 4) is 5.75 Å². The van der Waals surface area contributed by atoms with E-state index in [2.05, 4.69) is 10.1 Å². The molecule has 0 bridgehead atoms. The number of amides is 1. The van der Waals surface area contributed by atoms with Crippen LogP contribution >= 0.6 is 11.6 Å². The van der Waals surface area contributed by atoms with Crippen LogP contribution in [0.3, 0.4) is 0 Å². The van der Waals surface area contributed by atoms with E-state index in [4.69, 9.17) is 11.6 Å². The van der Waals surface area contributed by atoms with Crippen molar-refractivity contribution in [1.29, 1.82) is 0 Å². The third-order valence-corrected chi connectivity index (χ3v) is 6.45. The van der Waals surface area contributed by atoms with Gasteiger partial charge < -0.3 is 10.1 Å². The molecular formula is C18H17ClF2N2O4S. The van der Waals surface area contributed by atoms with Crippen LogP contribution in [0.25, 0.3) is 0 Å². The molecule has 1 fully saturated rings. The first-order valence-corrected chi connectivity index (χ1v) is 10.2. The highest BCUT2D eigenvalue weighted by molar-refractivity contribution is 7.89. The average molecular weight is 431 g/mol. The first-order valence-electron chi connectivity index (χ1n) is 8.40. The minimum absolute atomic E-state index is 0.0409. The Hall–Kier alpha value is -2.23. The monoisotopic (exact) mass is 430 g/mol. The Balaban J connectivity index is 1.73. The highest BCUT2D eigenvalue weighted by Gasteiger charge is 2.39. The third-order valence-electron chi connectivity index (χ3n) is 4.27. The fraction of sp³-hybridized carbons (Fsp3) is 0.278. The number of hydrogen-bond donors (Lipinski definition) is 1. The quantitative estimate of drug-likeness (QED) is 0.757.